The zero-order valence-electron chi connectivity index (χ0n) is 9.57. The zero-order chi connectivity index (χ0) is 11.8. The van der Waals surface area contributed by atoms with Gasteiger partial charge in [-0.15, -0.1) is 6.58 Å². The molecule has 0 unspecified atom stereocenters. The van der Waals surface area contributed by atoms with Crippen molar-refractivity contribution in [1.29, 1.82) is 0 Å². The summed E-state index contributed by atoms with van der Waals surface area (Å²) in [5.74, 6) is -0.0856. The van der Waals surface area contributed by atoms with E-state index in [1.807, 2.05) is 43.3 Å². The van der Waals surface area contributed by atoms with Crippen LogP contribution in [0.2, 0.25) is 0 Å². The lowest BCUT2D eigenvalue weighted by Gasteiger charge is -2.04. The summed E-state index contributed by atoms with van der Waals surface area (Å²) in [6, 6.07) is 7.78. The second kappa shape index (κ2) is 6.62. The third kappa shape index (κ3) is 4.13. The van der Waals surface area contributed by atoms with E-state index in [-0.39, 0.29) is 5.91 Å². The van der Waals surface area contributed by atoms with Crippen molar-refractivity contribution >= 4 is 11.6 Å². The van der Waals surface area contributed by atoms with Crippen LogP contribution in [0.25, 0.3) is 0 Å². The topological polar surface area (TPSA) is 29.1 Å². The highest BCUT2D eigenvalue weighted by molar-refractivity contribution is 5.99. The first kappa shape index (κ1) is 12.2. The molecule has 0 aromatic heterocycles. The fourth-order valence-corrected chi connectivity index (χ4v) is 1.35. The summed E-state index contributed by atoms with van der Waals surface area (Å²) in [5.41, 5.74) is 1.97. The smallest absolute Gasteiger partial charge is 0.248 e. The van der Waals surface area contributed by atoms with Gasteiger partial charge in [-0.1, -0.05) is 31.2 Å². The van der Waals surface area contributed by atoms with Crippen molar-refractivity contribution in [3.05, 3.63) is 54.6 Å². The molecular formula is C14H17NO. The monoisotopic (exact) mass is 215 g/mol. The average Bonchev–Trinajstić information content (AvgIpc) is 2.27. The highest BCUT2D eigenvalue weighted by Crippen LogP contribution is 2.11. The maximum absolute atomic E-state index is 11.4. The second-order valence-corrected chi connectivity index (χ2v) is 3.49. The standard InChI is InChI=1S/C14H17NO/c1-3-5-10-14(16)15-13-9-6-8-12(11-13)7-4-2/h4-6,8-11H,2-3,7H2,1H3,(H,15,16)/b10-5+. The molecule has 1 amide bonds. The van der Waals surface area contributed by atoms with Crippen LogP contribution in [0.15, 0.2) is 49.1 Å². The highest BCUT2D eigenvalue weighted by atomic mass is 16.1. The highest BCUT2D eigenvalue weighted by Gasteiger charge is 1.98. The number of amides is 1. The molecule has 16 heavy (non-hydrogen) atoms. The van der Waals surface area contributed by atoms with Gasteiger partial charge in [0.05, 0.1) is 0 Å². The van der Waals surface area contributed by atoms with Crippen LogP contribution in [-0.2, 0) is 11.2 Å². The quantitative estimate of drug-likeness (QED) is 0.592. The summed E-state index contributed by atoms with van der Waals surface area (Å²) in [4.78, 5) is 11.4. The molecule has 0 aliphatic rings. The molecule has 0 radical (unpaired) electrons. The molecule has 0 aliphatic heterocycles. The Labute approximate surface area is 96.7 Å². The predicted molar refractivity (Wildman–Crippen MR) is 68.4 cm³/mol. The number of rotatable bonds is 5. The minimum atomic E-state index is -0.0856. The number of hydrogen-bond acceptors (Lipinski definition) is 1. The molecule has 0 fully saturated rings. The fourth-order valence-electron chi connectivity index (χ4n) is 1.35. The molecule has 0 heterocycles. The van der Waals surface area contributed by atoms with E-state index in [0.29, 0.717) is 0 Å². The lowest BCUT2D eigenvalue weighted by Crippen LogP contribution is -2.07. The zero-order valence-corrected chi connectivity index (χ0v) is 9.57. The number of hydrogen-bond donors (Lipinski definition) is 1. The van der Waals surface area contributed by atoms with E-state index >= 15 is 0 Å². The Bertz CT molecular complexity index is 393. The van der Waals surface area contributed by atoms with Crippen LogP contribution >= 0.6 is 0 Å². The summed E-state index contributed by atoms with van der Waals surface area (Å²) in [7, 11) is 0. The first-order valence-corrected chi connectivity index (χ1v) is 5.43. The van der Waals surface area contributed by atoms with Gasteiger partial charge in [0.2, 0.25) is 5.91 Å². The lowest BCUT2D eigenvalue weighted by atomic mass is 10.1. The van der Waals surface area contributed by atoms with Crippen LogP contribution in [0.5, 0.6) is 0 Å². The van der Waals surface area contributed by atoms with Crippen LogP contribution in [0.1, 0.15) is 18.9 Å². The Morgan fingerprint density at radius 3 is 3.00 bits per heavy atom. The molecule has 1 aromatic rings. The van der Waals surface area contributed by atoms with E-state index in [1.54, 1.807) is 6.08 Å². The Kier molecular flexibility index (Phi) is 5.06. The van der Waals surface area contributed by atoms with Crippen molar-refractivity contribution < 1.29 is 4.79 Å². The number of nitrogens with one attached hydrogen (secondary N) is 1. The Morgan fingerprint density at radius 1 is 1.50 bits per heavy atom. The normalized spacial score (nSPS) is 10.3. The number of carbonyl (C=O) groups is 1. The Balaban J connectivity index is 2.66. The first-order valence-electron chi connectivity index (χ1n) is 5.43. The number of anilines is 1. The molecular weight excluding hydrogens is 198 g/mol. The second-order valence-electron chi connectivity index (χ2n) is 3.49. The number of carbonyl (C=O) groups excluding carboxylic acids is 1. The van der Waals surface area contributed by atoms with Crippen LogP contribution in [-0.4, -0.2) is 5.91 Å². The predicted octanol–water partition coefficient (Wildman–Crippen LogP) is 3.32. The van der Waals surface area contributed by atoms with Crippen LogP contribution in [0.4, 0.5) is 5.69 Å². The van der Waals surface area contributed by atoms with Gasteiger partial charge in [-0.05, 0) is 36.6 Å². The molecule has 0 saturated heterocycles. The van der Waals surface area contributed by atoms with Crippen molar-refractivity contribution in [1.82, 2.24) is 0 Å². The summed E-state index contributed by atoms with van der Waals surface area (Å²) in [6.45, 7) is 5.68. The van der Waals surface area contributed by atoms with Gasteiger partial charge in [0.1, 0.15) is 0 Å². The molecule has 2 nitrogen and oxygen atoms in total. The van der Waals surface area contributed by atoms with E-state index in [2.05, 4.69) is 11.9 Å². The van der Waals surface area contributed by atoms with Crippen molar-refractivity contribution in [2.45, 2.75) is 19.8 Å². The molecule has 1 rings (SSSR count). The molecule has 0 bridgehead atoms. The van der Waals surface area contributed by atoms with Crippen LogP contribution in [0, 0.1) is 0 Å². The largest absolute Gasteiger partial charge is 0.323 e. The van der Waals surface area contributed by atoms with E-state index in [1.165, 1.54) is 0 Å². The van der Waals surface area contributed by atoms with Crippen molar-refractivity contribution in [3.63, 3.8) is 0 Å². The molecule has 0 spiro atoms. The fraction of sp³-hybridized carbons (Fsp3) is 0.214. The molecule has 0 saturated carbocycles. The van der Waals surface area contributed by atoms with Crippen molar-refractivity contribution in [3.8, 4) is 0 Å². The van der Waals surface area contributed by atoms with Crippen LogP contribution in [0.3, 0.4) is 0 Å². The van der Waals surface area contributed by atoms with Gasteiger partial charge in [-0.2, -0.15) is 0 Å². The molecule has 84 valence electrons. The lowest BCUT2D eigenvalue weighted by molar-refractivity contribution is -0.111. The van der Waals surface area contributed by atoms with E-state index in [0.717, 1.165) is 24.1 Å². The maximum atomic E-state index is 11.4. The van der Waals surface area contributed by atoms with Gasteiger partial charge < -0.3 is 5.32 Å². The SMILES string of the molecule is C=CCc1cccc(NC(=O)/C=C/CC)c1. The molecule has 0 aliphatic carbocycles. The third-order valence-electron chi connectivity index (χ3n) is 2.08. The van der Waals surface area contributed by atoms with Gasteiger partial charge in [-0.3, -0.25) is 4.79 Å². The van der Waals surface area contributed by atoms with Gasteiger partial charge in [0.15, 0.2) is 0 Å². The first-order chi connectivity index (χ1) is 7.76. The summed E-state index contributed by atoms with van der Waals surface area (Å²) in [6.07, 6.45) is 6.92. The van der Waals surface area contributed by atoms with E-state index in [9.17, 15) is 4.79 Å². The molecule has 1 N–H and O–H groups in total. The molecule has 1 aromatic carbocycles. The van der Waals surface area contributed by atoms with Gasteiger partial charge in [-0.25, -0.2) is 0 Å². The summed E-state index contributed by atoms with van der Waals surface area (Å²) >= 11 is 0. The van der Waals surface area contributed by atoms with Gasteiger partial charge in [0, 0.05) is 5.69 Å². The maximum Gasteiger partial charge on any atom is 0.248 e. The number of benzene rings is 1. The van der Waals surface area contributed by atoms with Crippen molar-refractivity contribution in [2.75, 3.05) is 5.32 Å². The average molecular weight is 215 g/mol. The van der Waals surface area contributed by atoms with Crippen LogP contribution < -0.4 is 5.32 Å². The van der Waals surface area contributed by atoms with Gasteiger partial charge in [0.25, 0.3) is 0 Å². The minimum absolute atomic E-state index is 0.0856. The van der Waals surface area contributed by atoms with Crippen molar-refractivity contribution in [2.24, 2.45) is 0 Å². The Morgan fingerprint density at radius 2 is 2.31 bits per heavy atom. The Hall–Kier alpha value is -1.83. The third-order valence-corrected chi connectivity index (χ3v) is 2.08. The summed E-state index contributed by atoms with van der Waals surface area (Å²) in [5, 5.41) is 2.82. The minimum Gasteiger partial charge on any atom is -0.323 e. The molecule has 0 atom stereocenters. The van der Waals surface area contributed by atoms with E-state index < -0.39 is 0 Å². The molecule has 2 heteroatoms. The van der Waals surface area contributed by atoms with E-state index in [4.69, 9.17) is 0 Å². The summed E-state index contributed by atoms with van der Waals surface area (Å²) < 4.78 is 0. The number of allylic oxidation sites excluding steroid dienone is 2. The van der Waals surface area contributed by atoms with Gasteiger partial charge >= 0.3 is 0 Å².